The minimum Gasteiger partial charge on any atom is -0.368 e. The molecular weight excluding hydrogens is 226 g/mol. The average Bonchev–Trinajstić information content (AvgIpc) is 2.70. The smallest absolute Gasteiger partial charge is 0.237 e. The highest BCUT2D eigenvalue weighted by atomic mass is 16.1. The van der Waals surface area contributed by atoms with Crippen LogP contribution in [0.5, 0.6) is 0 Å². The summed E-state index contributed by atoms with van der Waals surface area (Å²) in [4.78, 5) is 14.0. The molecule has 1 aliphatic carbocycles. The van der Waals surface area contributed by atoms with Gasteiger partial charge in [-0.1, -0.05) is 20.3 Å². The van der Waals surface area contributed by atoms with Crippen LogP contribution in [-0.2, 0) is 4.79 Å². The molecule has 0 heterocycles. The third-order valence-electron chi connectivity index (χ3n) is 4.20. The highest BCUT2D eigenvalue weighted by Gasteiger charge is 2.43. The van der Waals surface area contributed by atoms with Crippen LogP contribution in [0.2, 0.25) is 0 Å². The number of hydrogen-bond acceptors (Lipinski definition) is 3. The summed E-state index contributed by atoms with van der Waals surface area (Å²) in [5, 5.41) is 0. The van der Waals surface area contributed by atoms with Crippen molar-refractivity contribution in [3.63, 3.8) is 0 Å². The summed E-state index contributed by atoms with van der Waals surface area (Å²) >= 11 is 0. The van der Waals surface area contributed by atoms with E-state index in [9.17, 15) is 4.79 Å². The van der Waals surface area contributed by atoms with E-state index in [-0.39, 0.29) is 11.8 Å². The maximum absolute atomic E-state index is 11.5. The van der Waals surface area contributed by atoms with E-state index in [2.05, 4.69) is 18.7 Å². The number of nitrogens with two attached hydrogens (primary N) is 2. The van der Waals surface area contributed by atoms with Crippen molar-refractivity contribution in [2.75, 3.05) is 19.6 Å². The van der Waals surface area contributed by atoms with Gasteiger partial charge in [0.15, 0.2) is 0 Å². The summed E-state index contributed by atoms with van der Waals surface area (Å²) in [6.07, 6.45) is 6.19. The first kappa shape index (κ1) is 15.4. The first-order valence-electron chi connectivity index (χ1n) is 7.35. The highest BCUT2D eigenvalue weighted by Crippen LogP contribution is 2.35. The molecule has 4 nitrogen and oxygen atoms in total. The molecule has 2 atom stereocenters. The number of hydrogen-bond donors (Lipinski definition) is 2. The van der Waals surface area contributed by atoms with Crippen LogP contribution in [-0.4, -0.2) is 36.0 Å². The normalized spacial score (nSPS) is 27.9. The Balaban J connectivity index is 2.48. The molecule has 4 heteroatoms. The number of carbonyl (C=O) groups excluding carboxylic acids is 1. The molecule has 1 amide bonds. The van der Waals surface area contributed by atoms with E-state index in [4.69, 9.17) is 11.5 Å². The van der Waals surface area contributed by atoms with Crippen molar-refractivity contribution >= 4 is 5.91 Å². The van der Waals surface area contributed by atoms with Crippen molar-refractivity contribution in [1.29, 1.82) is 0 Å². The maximum Gasteiger partial charge on any atom is 0.237 e. The quantitative estimate of drug-likeness (QED) is 0.690. The largest absolute Gasteiger partial charge is 0.368 e. The highest BCUT2D eigenvalue weighted by molar-refractivity contribution is 5.85. The first-order valence-corrected chi connectivity index (χ1v) is 7.35. The van der Waals surface area contributed by atoms with Crippen LogP contribution in [0.15, 0.2) is 0 Å². The van der Waals surface area contributed by atoms with Gasteiger partial charge in [-0.15, -0.1) is 0 Å². The molecule has 0 aliphatic heterocycles. The van der Waals surface area contributed by atoms with Gasteiger partial charge in [0.05, 0.1) is 5.54 Å². The van der Waals surface area contributed by atoms with Crippen LogP contribution in [0.3, 0.4) is 0 Å². The monoisotopic (exact) mass is 255 g/mol. The lowest BCUT2D eigenvalue weighted by atomic mass is 9.85. The predicted molar refractivity (Wildman–Crippen MR) is 75.1 cm³/mol. The van der Waals surface area contributed by atoms with E-state index in [0.29, 0.717) is 0 Å². The van der Waals surface area contributed by atoms with E-state index < -0.39 is 5.54 Å². The molecule has 106 valence electrons. The third kappa shape index (κ3) is 3.69. The SMILES string of the molecule is CCCN(CCC)CCC1CCCC1(N)C(N)=O. The molecule has 1 fully saturated rings. The minimum atomic E-state index is -0.746. The molecular formula is C14H29N3O. The molecule has 1 aliphatic rings. The van der Waals surface area contributed by atoms with Crippen LogP contribution in [0, 0.1) is 5.92 Å². The number of rotatable bonds is 8. The number of nitrogens with zero attached hydrogens (tertiary/aromatic N) is 1. The Morgan fingerprint density at radius 3 is 2.39 bits per heavy atom. The standard InChI is InChI=1S/C14H29N3O/c1-3-9-17(10-4-2)11-7-12-6-5-8-14(12,16)13(15)18/h12H,3-11,16H2,1-2H3,(H2,15,18). The van der Waals surface area contributed by atoms with Crippen molar-refractivity contribution in [1.82, 2.24) is 4.90 Å². The first-order chi connectivity index (χ1) is 8.54. The molecule has 2 unspecified atom stereocenters. The molecule has 0 aromatic heterocycles. The Kier molecular flexibility index (Phi) is 6.09. The van der Waals surface area contributed by atoms with E-state index in [0.717, 1.165) is 45.3 Å². The molecule has 0 aromatic rings. The van der Waals surface area contributed by atoms with Gasteiger partial charge in [-0.3, -0.25) is 4.79 Å². The van der Waals surface area contributed by atoms with Gasteiger partial charge in [0, 0.05) is 0 Å². The van der Waals surface area contributed by atoms with Crippen LogP contribution in [0.25, 0.3) is 0 Å². The summed E-state index contributed by atoms with van der Waals surface area (Å²) in [7, 11) is 0. The molecule has 0 radical (unpaired) electrons. The van der Waals surface area contributed by atoms with Crippen molar-refractivity contribution < 1.29 is 4.79 Å². The summed E-state index contributed by atoms with van der Waals surface area (Å²) in [5.74, 6) is -0.0475. The zero-order valence-corrected chi connectivity index (χ0v) is 12.0. The number of amides is 1. The summed E-state index contributed by atoms with van der Waals surface area (Å²) in [6.45, 7) is 7.71. The Morgan fingerprint density at radius 1 is 1.28 bits per heavy atom. The van der Waals surface area contributed by atoms with Crippen LogP contribution in [0.1, 0.15) is 52.4 Å². The fraction of sp³-hybridized carbons (Fsp3) is 0.929. The Morgan fingerprint density at radius 2 is 1.89 bits per heavy atom. The molecule has 18 heavy (non-hydrogen) atoms. The van der Waals surface area contributed by atoms with Gasteiger partial charge in [0.2, 0.25) is 5.91 Å². The minimum absolute atomic E-state index is 0.270. The number of carbonyl (C=O) groups is 1. The summed E-state index contributed by atoms with van der Waals surface area (Å²) in [5.41, 5.74) is 10.9. The lowest BCUT2D eigenvalue weighted by molar-refractivity contribution is -0.124. The predicted octanol–water partition coefficient (Wildman–Crippen LogP) is 1.48. The second-order valence-electron chi connectivity index (χ2n) is 5.62. The molecule has 1 rings (SSSR count). The van der Waals surface area contributed by atoms with E-state index in [1.54, 1.807) is 0 Å². The summed E-state index contributed by atoms with van der Waals surface area (Å²) in [6, 6.07) is 0. The Hall–Kier alpha value is -0.610. The van der Waals surface area contributed by atoms with Crippen LogP contribution < -0.4 is 11.5 Å². The van der Waals surface area contributed by atoms with E-state index in [1.165, 1.54) is 12.8 Å². The molecule has 1 saturated carbocycles. The van der Waals surface area contributed by atoms with Crippen molar-refractivity contribution in [2.24, 2.45) is 17.4 Å². The maximum atomic E-state index is 11.5. The Labute approximate surface area is 111 Å². The van der Waals surface area contributed by atoms with Gasteiger partial charge in [0.25, 0.3) is 0 Å². The van der Waals surface area contributed by atoms with E-state index in [1.807, 2.05) is 0 Å². The summed E-state index contributed by atoms with van der Waals surface area (Å²) < 4.78 is 0. The van der Waals surface area contributed by atoms with Crippen molar-refractivity contribution in [3.05, 3.63) is 0 Å². The van der Waals surface area contributed by atoms with E-state index >= 15 is 0 Å². The lowest BCUT2D eigenvalue weighted by Gasteiger charge is -2.30. The fourth-order valence-corrected chi connectivity index (χ4v) is 3.14. The average molecular weight is 255 g/mol. The molecule has 0 bridgehead atoms. The molecule has 4 N–H and O–H groups in total. The second-order valence-corrected chi connectivity index (χ2v) is 5.62. The van der Waals surface area contributed by atoms with Gasteiger partial charge < -0.3 is 16.4 Å². The third-order valence-corrected chi connectivity index (χ3v) is 4.20. The van der Waals surface area contributed by atoms with Crippen molar-refractivity contribution in [2.45, 2.75) is 57.9 Å². The van der Waals surface area contributed by atoms with Crippen LogP contribution in [0.4, 0.5) is 0 Å². The van der Waals surface area contributed by atoms with Gasteiger partial charge in [-0.05, 0) is 57.7 Å². The van der Waals surface area contributed by atoms with Crippen molar-refractivity contribution in [3.8, 4) is 0 Å². The second kappa shape index (κ2) is 7.10. The zero-order chi connectivity index (χ0) is 13.6. The molecule has 0 saturated heterocycles. The fourth-order valence-electron chi connectivity index (χ4n) is 3.14. The van der Waals surface area contributed by atoms with Crippen LogP contribution >= 0.6 is 0 Å². The zero-order valence-electron chi connectivity index (χ0n) is 12.0. The van der Waals surface area contributed by atoms with Gasteiger partial charge in [-0.25, -0.2) is 0 Å². The van der Waals surface area contributed by atoms with Gasteiger partial charge >= 0.3 is 0 Å². The van der Waals surface area contributed by atoms with Gasteiger partial charge in [0.1, 0.15) is 0 Å². The molecule has 0 spiro atoms. The Bertz CT molecular complexity index is 264. The molecule has 0 aromatic carbocycles. The number of primary amides is 1. The van der Waals surface area contributed by atoms with Gasteiger partial charge in [-0.2, -0.15) is 0 Å². The topological polar surface area (TPSA) is 72.3 Å². The lowest BCUT2D eigenvalue weighted by Crippen LogP contribution is -2.55.